The number of hydrogen-bond acceptors (Lipinski definition) is 4. The molecule has 1 aliphatic rings. The molecule has 0 bridgehead atoms. The Balaban J connectivity index is 1.86. The zero-order chi connectivity index (χ0) is 19.8. The minimum absolute atomic E-state index is 0.114. The van der Waals surface area contributed by atoms with Crippen molar-refractivity contribution >= 4 is 29.2 Å². The summed E-state index contributed by atoms with van der Waals surface area (Å²) in [5.74, 6) is -0.924. The monoisotopic (exact) mass is 422 g/mol. The van der Waals surface area contributed by atoms with Crippen LogP contribution >= 0.6 is 23.5 Å². The molecule has 0 amide bonds. The number of imidazole rings is 1. The van der Waals surface area contributed by atoms with Crippen LogP contribution in [0.15, 0.2) is 35.4 Å². The number of halogens is 3. The van der Waals surface area contributed by atoms with Crippen molar-refractivity contribution in [3.05, 3.63) is 52.8 Å². The first-order chi connectivity index (χ1) is 13.5. The van der Waals surface area contributed by atoms with Crippen LogP contribution in [0.1, 0.15) is 18.5 Å². The van der Waals surface area contributed by atoms with Crippen LogP contribution in [0.3, 0.4) is 0 Å². The molecule has 1 aromatic carbocycles. The number of benzene rings is 1. The number of aromatic nitrogens is 2. The molecule has 4 rings (SSSR count). The van der Waals surface area contributed by atoms with Crippen LogP contribution in [0, 0.1) is 17.6 Å². The largest absolute Gasteiger partial charge is 0.306 e. The van der Waals surface area contributed by atoms with Crippen molar-refractivity contribution in [3.8, 4) is 11.3 Å². The van der Waals surface area contributed by atoms with Gasteiger partial charge in [0.05, 0.1) is 17.0 Å². The molecule has 0 saturated carbocycles. The van der Waals surface area contributed by atoms with Crippen molar-refractivity contribution in [2.45, 2.75) is 24.2 Å². The molecule has 1 aliphatic heterocycles. The van der Waals surface area contributed by atoms with Gasteiger partial charge < -0.3 is 9.30 Å². The van der Waals surface area contributed by atoms with E-state index in [1.807, 2.05) is 10.6 Å². The van der Waals surface area contributed by atoms with Crippen LogP contribution in [-0.2, 0) is 6.42 Å². The van der Waals surface area contributed by atoms with Crippen molar-refractivity contribution < 1.29 is 8.78 Å². The van der Waals surface area contributed by atoms with E-state index in [2.05, 4.69) is 16.9 Å². The minimum Gasteiger partial charge on any atom is -0.306 e. The fourth-order valence-corrected chi connectivity index (χ4v) is 4.52. The average Bonchev–Trinajstić information content (AvgIpc) is 2.98. The van der Waals surface area contributed by atoms with E-state index in [1.54, 1.807) is 12.1 Å². The minimum atomic E-state index is -0.663. The molecule has 2 aromatic heterocycles. The Morgan fingerprint density at radius 1 is 1.29 bits per heavy atom. The van der Waals surface area contributed by atoms with E-state index in [1.165, 1.54) is 12.1 Å². The second-order valence-corrected chi connectivity index (χ2v) is 8.48. The summed E-state index contributed by atoms with van der Waals surface area (Å²) < 4.78 is 31.5. The predicted octanol–water partition coefficient (Wildman–Crippen LogP) is 4.78. The van der Waals surface area contributed by atoms with Gasteiger partial charge in [0.15, 0.2) is 0 Å². The van der Waals surface area contributed by atoms with Gasteiger partial charge in [0.2, 0.25) is 0 Å². The first-order valence-electron chi connectivity index (χ1n) is 9.17. The van der Waals surface area contributed by atoms with Crippen LogP contribution in [0.25, 0.3) is 16.9 Å². The highest BCUT2D eigenvalue weighted by Crippen LogP contribution is 2.34. The number of piperidine rings is 1. The van der Waals surface area contributed by atoms with E-state index in [-0.39, 0.29) is 5.56 Å². The number of likely N-dealkylation sites (tertiary alicyclic amines) is 1. The molecular weight excluding hydrogens is 402 g/mol. The van der Waals surface area contributed by atoms with E-state index in [9.17, 15) is 8.78 Å². The summed E-state index contributed by atoms with van der Waals surface area (Å²) in [5, 5.41) is 6.00. The molecular formula is C20H21ClF2N4S. The molecule has 1 fully saturated rings. The smallest absolute Gasteiger partial charge is 0.139 e. The maximum Gasteiger partial charge on any atom is 0.139 e. The Bertz CT molecular complexity index is 1000. The van der Waals surface area contributed by atoms with Gasteiger partial charge in [-0.3, -0.25) is 5.14 Å². The lowest BCUT2D eigenvalue weighted by molar-refractivity contribution is 0.208. The Labute approximate surface area is 171 Å². The van der Waals surface area contributed by atoms with Crippen LogP contribution in [0.2, 0.25) is 5.02 Å². The van der Waals surface area contributed by atoms with Gasteiger partial charge in [-0.25, -0.2) is 13.8 Å². The van der Waals surface area contributed by atoms with Crippen molar-refractivity contribution in [2.75, 3.05) is 20.1 Å². The third kappa shape index (κ3) is 3.76. The Morgan fingerprint density at radius 3 is 2.71 bits per heavy atom. The van der Waals surface area contributed by atoms with E-state index in [4.69, 9.17) is 16.7 Å². The molecule has 1 saturated heterocycles. The fourth-order valence-electron chi connectivity index (χ4n) is 4.02. The second-order valence-electron chi connectivity index (χ2n) is 7.33. The van der Waals surface area contributed by atoms with Gasteiger partial charge in [0.25, 0.3) is 0 Å². The van der Waals surface area contributed by atoms with Crippen LogP contribution in [0.4, 0.5) is 8.78 Å². The van der Waals surface area contributed by atoms with Gasteiger partial charge >= 0.3 is 0 Å². The number of hydrogen-bond donors (Lipinski definition) is 1. The Morgan fingerprint density at radius 2 is 2.04 bits per heavy atom. The maximum absolute atomic E-state index is 14.8. The van der Waals surface area contributed by atoms with Crippen molar-refractivity contribution in [3.63, 3.8) is 0 Å². The standard InChI is InChI=1S/C20H21ClF2N4S/c1-26-5-2-3-12(11-26)7-17-20(25-18-8-13(21)4-6-27(17)18)19-15(22)9-14(28-24)10-16(19)23/h4,6,8-10,12H,2-3,5,7,11,24H2,1H3. The third-order valence-electron chi connectivity index (χ3n) is 5.28. The van der Waals surface area contributed by atoms with E-state index in [0.717, 1.165) is 43.6 Å². The molecule has 148 valence electrons. The first-order valence-corrected chi connectivity index (χ1v) is 10.4. The normalized spacial score (nSPS) is 18.1. The van der Waals surface area contributed by atoms with Gasteiger partial charge in [-0.05, 0) is 68.9 Å². The third-order valence-corrected chi connectivity index (χ3v) is 6.02. The average molecular weight is 423 g/mol. The number of nitrogens with two attached hydrogens (primary N) is 1. The molecule has 4 nitrogen and oxygen atoms in total. The van der Waals surface area contributed by atoms with Gasteiger partial charge in [0.1, 0.15) is 17.3 Å². The predicted molar refractivity (Wildman–Crippen MR) is 110 cm³/mol. The Hall–Kier alpha value is -1.67. The van der Waals surface area contributed by atoms with E-state index >= 15 is 0 Å². The molecule has 0 spiro atoms. The van der Waals surface area contributed by atoms with E-state index in [0.29, 0.717) is 33.6 Å². The lowest BCUT2D eigenvalue weighted by Gasteiger charge is -2.29. The van der Waals surface area contributed by atoms with Crippen LogP contribution < -0.4 is 5.14 Å². The van der Waals surface area contributed by atoms with Crippen molar-refractivity contribution in [1.82, 2.24) is 14.3 Å². The van der Waals surface area contributed by atoms with Crippen molar-refractivity contribution in [1.29, 1.82) is 0 Å². The van der Waals surface area contributed by atoms with Crippen LogP contribution in [0.5, 0.6) is 0 Å². The summed E-state index contributed by atoms with van der Waals surface area (Å²) in [6, 6.07) is 5.97. The lowest BCUT2D eigenvalue weighted by Crippen LogP contribution is -2.33. The summed E-state index contributed by atoms with van der Waals surface area (Å²) in [4.78, 5) is 7.18. The maximum atomic E-state index is 14.8. The highest BCUT2D eigenvalue weighted by Gasteiger charge is 2.25. The van der Waals surface area contributed by atoms with Gasteiger partial charge in [-0.1, -0.05) is 11.6 Å². The SMILES string of the molecule is CN1CCCC(Cc2c(-c3c(F)cc(SN)cc3F)nc3cc(Cl)ccn23)C1. The zero-order valence-corrected chi connectivity index (χ0v) is 17.0. The molecule has 3 heterocycles. The summed E-state index contributed by atoms with van der Waals surface area (Å²) in [7, 11) is 2.10. The summed E-state index contributed by atoms with van der Waals surface area (Å²) in [6.45, 7) is 2.03. The highest BCUT2D eigenvalue weighted by molar-refractivity contribution is 7.97. The summed E-state index contributed by atoms with van der Waals surface area (Å²) in [6.07, 6.45) is 4.70. The second kappa shape index (κ2) is 7.99. The number of fused-ring (bicyclic) bond motifs is 1. The molecule has 1 unspecified atom stereocenters. The molecule has 0 aliphatic carbocycles. The van der Waals surface area contributed by atoms with Crippen LogP contribution in [-0.4, -0.2) is 34.4 Å². The molecule has 1 atom stereocenters. The number of nitrogens with zero attached hydrogens (tertiary/aromatic N) is 3. The fraction of sp³-hybridized carbons (Fsp3) is 0.350. The van der Waals surface area contributed by atoms with Crippen molar-refractivity contribution in [2.24, 2.45) is 11.1 Å². The topological polar surface area (TPSA) is 46.6 Å². The van der Waals surface area contributed by atoms with Gasteiger partial charge in [-0.15, -0.1) is 0 Å². The summed E-state index contributed by atoms with van der Waals surface area (Å²) in [5.41, 5.74) is 1.60. The van der Waals surface area contributed by atoms with Gasteiger partial charge in [-0.2, -0.15) is 0 Å². The number of rotatable bonds is 4. The molecule has 2 N–H and O–H groups in total. The summed E-state index contributed by atoms with van der Waals surface area (Å²) >= 11 is 6.93. The first kappa shape index (κ1) is 19.6. The Kier molecular flexibility index (Phi) is 5.60. The quantitative estimate of drug-likeness (QED) is 0.614. The lowest BCUT2D eigenvalue weighted by atomic mass is 9.92. The highest BCUT2D eigenvalue weighted by atomic mass is 35.5. The molecule has 3 aromatic rings. The molecule has 0 radical (unpaired) electrons. The molecule has 28 heavy (non-hydrogen) atoms. The molecule has 8 heteroatoms. The number of pyridine rings is 1. The van der Waals surface area contributed by atoms with Gasteiger partial charge in [0, 0.05) is 28.7 Å². The zero-order valence-electron chi connectivity index (χ0n) is 15.5. The van der Waals surface area contributed by atoms with E-state index < -0.39 is 11.6 Å².